The number of piperidine rings is 1. The zero-order chi connectivity index (χ0) is 26.6. The number of nitrogens with zero attached hydrogens (tertiary/aromatic N) is 3. The first-order chi connectivity index (χ1) is 17.5. The Kier molecular flexibility index (Phi) is 8.02. The molecule has 0 aliphatic carbocycles. The number of rotatable bonds is 9. The van der Waals surface area contributed by atoms with Gasteiger partial charge in [-0.1, -0.05) is 12.1 Å². The third-order valence-corrected chi connectivity index (χ3v) is 7.66. The summed E-state index contributed by atoms with van der Waals surface area (Å²) >= 11 is 0. The maximum Gasteiger partial charge on any atom is 0.573 e. The van der Waals surface area contributed by atoms with Gasteiger partial charge in [-0.2, -0.15) is 0 Å². The predicted molar refractivity (Wildman–Crippen MR) is 130 cm³/mol. The van der Waals surface area contributed by atoms with Gasteiger partial charge in [-0.3, -0.25) is 4.79 Å². The molecule has 4 rings (SSSR count). The number of ether oxygens (including phenoxy) is 1. The van der Waals surface area contributed by atoms with Crippen LogP contribution in [0.3, 0.4) is 0 Å². The summed E-state index contributed by atoms with van der Waals surface area (Å²) in [5.41, 5.74) is 1.86. The van der Waals surface area contributed by atoms with E-state index in [4.69, 9.17) is 0 Å². The van der Waals surface area contributed by atoms with Gasteiger partial charge in [-0.05, 0) is 61.7 Å². The van der Waals surface area contributed by atoms with Gasteiger partial charge in [0.15, 0.2) is 15.5 Å². The van der Waals surface area contributed by atoms with Gasteiger partial charge in [-0.25, -0.2) is 18.4 Å². The van der Waals surface area contributed by atoms with Crippen molar-refractivity contribution in [2.45, 2.75) is 44.0 Å². The van der Waals surface area contributed by atoms with Crippen LogP contribution in [0.1, 0.15) is 30.7 Å². The highest BCUT2D eigenvalue weighted by Crippen LogP contribution is 2.24. The van der Waals surface area contributed by atoms with Crippen molar-refractivity contribution in [3.8, 4) is 5.75 Å². The molecule has 1 atom stereocenters. The van der Waals surface area contributed by atoms with E-state index in [-0.39, 0.29) is 31.1 Å². The molecule has 1 saturated heterocycles. The summed E-state index contributed by atoms with van der Waals surface area (Å²) in [7, 11) is -3.50. The monoisotopic (exact) mass is 539 g/mol. The van der Waals surface area contributed by atoms with Crippen LogP contribution in [0.5, 0.6) is 5.75 Å². The Morgan fingerprint density at radius 1 is 1.22 bits per heavy atom. The molecule has 200 valence electrons. The molecular weight excluding hydrogens is 511 g/mol. The van der Waals surface area contributed by atoms with E-state index < -0.39 is 27.5 Å². The topological polar surface area (TPSA) is 115 Å². The highest BCUT2D eigenvalue weighted by molar-refractivity contribution is 7.91. The zero-order valence-electron chi connectivity index (χ0n) is 20.2. The van der Waals surface area contributed by atoms with Crippen molar-refractivity contribution in [1.82, 2.24) is 25.2 Å². The van der Waals surface area contributed by atoms with Gasteiger partial charge in [0.1, 0.15) is 22.5 Å². The molecule has 1 aromatic carbocycles. The van der Waals surface area contributed by atoms with Crippen LogP contribution in [0.2, 0.25) is 0 Å². The highest BCUT2D eigenvalue weighted by atomic mass is 32.2. The minimum absolute atomic E-state index is 0.0126. The smallest absolute Gasteiger partial charge is 0.406 e. The summed E-state index contributed by atoms with van der Waals surface area (Å²) in [6.45, 7) is 1.66. The Morgan fingerprint density at radius 3 is 2.57 bits per heavy atom. The van der Waals surface area contributed by atoms with Gasteiger partial charge in [0.25, 0.3) is 0 Å². The second-order valence-electron chi connectivity index (χ2n) is 9.06. The quantitative estimate of drug-likeness (QED) is 0.430. The summed E-state index contributed by atoms with van der Waals surface area (Å²) < 4.78 is 67.9. The van der Waals surface area contributed by atoms with E-state index in [2.05, 4.69) is 25.3 Å². The lowest BCUT2D eigenvalue weighted by atomic mass is 9.98. The Balaban J connectivity index is 1.48. The minimum atomic E-state index is -4.77. The van der Waals surface area contributed by atoms with Crippen LogP contribution in [-0.2, 0) is 27.6 Å². The SMILES string of the molecule is CS(=O)(=O)C(NC(=O)CCc1nc2cccnc2n1Cc1ccc(OC(F)(F)F)cc1)C1CCNCC1. The molecule has 2 N–H and O–H groups in total. The third-order valence-electron chi connectivity index (χ3n) is 6.23. The molecule has 1 fully saturated rings. The number of aryl methyl sites for hydroxylation is 1. The fourth-order valence-corrected chi connectivity index (χ4v) is 5.84. The molecule has 0 spiro atoms. The van der Waals surface area contributed by atoms with Gasteiger partial charge in [-0.15, -0.1) is 13.2 Å². The molecular formula is C24H28F3N5O4S. The first-order valence-electron chi connectivity index (χ1n) is 11.8. The number of nitrogens with one attached hydrogen (secondary N) is 2. The van der Waals surface area contributed by atoms with Crippen molar-refractivity contribution in [3.63, 3.8) is 0 Å². The van der Waals surface area contributed by atoms with E-state index in [1.807, 2.05) is 0 Å². The van der Waals surface area contributed by atoms with Gasteiger partial charge < -0.3 is 19.9 Å². The average Bonchev–Trinajstić information content (AvgIpc) is 3.18. The molecule has 1 unspecified atom stereocenters. The lowest BCUT2D eigenvalue weighted by molar-refractivity contribution is -0.274. The predicted octanol–water partition coefficient (Wildman–Crippen LogP) is 2.80. The number of aromatic nitrogens is 3. The summed E-state index contributed by atoms with van der Waals surface area (Å²) in [6.07, 6.45) is -0.482. The molecule has 0 radical (unpaired) electrons. The number of halogens is 3. The van der Waals surface area contributed by atoms with E-state index >= 15 is 0 Å². The number of hydrogen-bond acceptors (Lipinski definition) is 7. The zero-order valence-corrected chi connectivity index (χ0v) is 21.0. The molecule has 2 aromatic heterocycles. The average molecular weight is 540 g/mol. The molecule has 9 nitrogen and oxygen atoms in total. The molecule has 13 heteroatoms. The van der Waals surface area contributed by atoms with Crippen molar-refractivity contribution < 1.29 is 31.1 Å². The Labute approximate surface area is 212 Å². The van der Waals surface area contributed by atoms with Crippen LogP contribution in [0, 0.1) is 5.92 Å². The number of hydrogen-bond donors (Lipinski definition) is 2. The lowest BCUT2D eigenvalue weighted by Gasteiger charge is -2.30. The van der Waals surface area contributed by atoms with Gasteiger partial charge in [0, 0.05) is 25.3 Å². The summed E-state index contributed by atoms with van der Waals surface area (Å²) in [4.78, 5) is 21.8. The van der Waals surface area contributed by atoms with Gasteiger partial charge in [0.05, 0.1) is 6.54 Å². The second kappa shape index (κ2) is 11.1. The van der Waals surface area contributed by atoms with E-state index in [1.165, 1.54) is 24.3 Å². The van der Waals surface area contributed by atoms with E-state index in [1.54, 1.807) is 22.9 Å². The summed E-state index contributed by atoms with van der Waals surface area (Å²) in [5, 5.41) is 4.96. The number of alkyl halides is 3. The third kappa shape index (κ3) is 7.19. The number of imidazole rings is 1. The molecule has 37 heavy (non-hydrogen) atoms. The second-order valence-corrected chi connectivity index (χ2v) is 11.2. The minimum Gasteiger partial charge on any atom is -0.406 e. The number of pyridine rings is 1. The van der Waals surface area contributed by atoms with Crippen LogP contribution in [0.4, 0.5) is 13.2 Å². The fraction of sp³-hybridized carbons (Fsp3) is 0.458. The molecule has 1 aliphatic heterocycles. The van der Waals surface area contributed by atoms with Crippen molar-refractivity contribution in [1.29, 1.82) is 0 Å². The molecule has 0 saturated carbocycles. The van der Waals surface area contributed by atoms with Crippen LogP contribution >= 0.6 is 0 Å². The first kappa shape index (κ1) is 26.9. The summed E-state index contributed by atoms with van der Waals surface area (Å²) in [6, 6.07) is 9.00. The first-order valence-corrected chi connectivity index (χ1v) is 13.8. The number of sulfone groups is 1. The van der Waals surface area contributed by atoms with Crippen molar-refractivity contribution in [3.05, 3.63) is 54.0 Å². The molecule has 3 aromatic rings. The Morgan fingerprint density at radius 2 is 1.92 bits per heavy atom. The maximum absolute atomic E-state index is 12.8. The maximum atomic E-state index is 12.8. The standard InChI is InChI=1S/C24H28F3N5O4S/c1-37(34,35)23(17-10-13-28-14-11-17)31-21(33)9-8-20-30-19-3-2-12-29-22(19)32(20)15-16-4-6-18(7-5-16)36-24(25,26)27/h2-7,12,17,23,28H,8-11,13-15H2,1H3,(H,31,33). The molecule has 1 aliphatic rings. The largest absolute Gasteiger partial charge is 0.573 e. The van der Waals surface area contributed by atoms with Crippen molar-refractivity contribution in [2.24, 2.45) is 5.92 Å². The number of carbonyl (C=O) groups excluding carboxylic acids is 1. The van der Waals surface area contributed by atoms with E-state index in [9.17, 15) is 26.4 Å². The Hall–Kier alpha value is -3.19. The molecule has 1 amide bonds. The van der Waals surface area contributed by atoms with E-state index in [0.717, 1.165) is 6.26 Å². The normalized spacial score (nSPS) is 16.0. The number of carbonyl (C=O) groups is 1. The van der Waals surface area contributed by atoms with Crippen molar-refractivity contribution >= 4 is 26.9 Å². The Bertz CT molecular complexity index is 1340. The van der Waals surface area contributed by atoms with E-state index in [0.29, 0.717) is 48.5 Å². The van der Waals surface area contributed by atoms with Crippen molar-refractivity contribution in [2.75, 3.05) is 19.3 Å². The van der Waals surface area contributed by atoms with Crippen LogP contribution in [0.15, 0.2) is 42.6 Å². The van der Waals surface area contributed by atoms with Crippen LogP contribution < -0.4 is 15.4 Å². The van der Waals surface area contributed by atoms with Gasteiger partial charge >= 0.3 is 6.36 Å². The molecule has 3 heterocycles. The summed E-state index contributed by atoms with van der Waals surface area (Å²) in [5.74, 6) is -0.319. The van der Waals surface area contributed by atoms with Gasteiger partial charge in [0.2, 0.25) is 5.91 Å². The van der Waals surface area contributed by atoms with Crippen LogP contribution in [0.25, 0.3) is 11.2 Å². The number of amides is 1. The van der Waals surface area contributed by atoms with Crippen LogP contribution in [-0.4, -0.2) is 59.9 Å². The number of fused-ring (bicyclic) bond motifs is 1. The molecule has 0 bridgehead atoms. The fourth-order valence-electron chi connectivity index (χ4n) is 4.52. The number of benzene rings is 1. The highest BCUT2D eigenvalue weighted by Gasteiger charge is 2.33. The lowest BCUT2D eigenvalue weighted by Crippen LogP contribution is -2.48.